The van der Waals surface area contributed by atoms with Crippen molar-refractivity contribution in [3.05, 3.63) is 29.6 Å². The zero-order chi connectivity index (χ0) is 14.3. The molecule has 0 aromatic carbocycles. The molecule has 0 bridgehead atoms. The lowest BCUT2D eigenvalue weighted by molar-refractivity contribution is 0.136. The van der Waals surface area contributed by atoms with Crippen LogP contribution in [0, 0.1) is 11.3 Å². The molecule has 0 aliphatic rings. The van der Waals surface area contributed by atoms with Gasteiger partial charge in [0.2, 0.25) is 0 Å². The van der Waals surface area contributed by atoms with Gasteiger partial charge in [0.05, 0.1) is 6.61 Å². The summed E-state index contributed by atoms with van der Waals surface area (Å²) in [5.41, 5.74) is 7.14. The van der Waals surface area contributed by atoms with E-state index < -0.39 is 0 Å². The van der Waals surface area contributed by atoms with Gasteiger partial charge in [-0.2, -0.15) is 0 Å². The van der Waals surface area contributed by atoms with E-state index in [0.29, 0.717) is 18.2 Å². The number of methoxy groups -OCH3 is 1. The highest BCUT2D eigenvalue weighted by molar-refractivity contribution is 5.94. The molecule has 1 aromatic heterocycles. The molecular weight excluding hydrogens is 240 g/mol. The largest absolute Gasteiger partial charge is 0.383 e. The molecule has 5 nitrogen and oxygen atoms in total. The number of hydrogen-bond donors (Lipinski definition) is 2. The number of aromatic nitrogens is 1. The summed E-state index contributed by atoms with van der Waals surface area (Å²) in [5.74, 6) is 0.598. The van der Waals surface area contributed by atoms with Crippen LogP contribution in [0.25, 0.3) is 0 Å². The van der Waals surface area contributed by atoms with Crippen LogP contribution in [0.2, 0.25) is 0 Å². The fourth-order valence-corrected chi connectivity index (χ4v) is 2.02. The van der Waals surface area contributed by atoms with Gasteiger partial charge in [-0.05, 0) is 17.5 Å². The highest BCUT2D eigenvalue weighted by Gasteiger charge is 2.12. The van der Waals surface area contributed by atoms with Crippen molar-refractivity contribution in [1.29, 1.82) is 5.41 Å². The second-order valence-electron chi connectivity index (χ2n) is 5.05. The molecule has 1 aromatic rings. The van der Waals surface area contributed by atoms with Crippen molar-refractivity contribution in [3.63, 3.8) is 0 Å². The minimum atomic E-state index is 0.0202. The Morgan fingerprint density at radius 3 is 2.84 bits per heavy atom. The van der Waals surface area contributed by atoms with Gasteiger partial charge in [0.25, 0.3) is 0 Å². The van der Waals surface area contributed by atoms with Crippen LogP contribution in [0.3, 0.4) is 0 Å². The molecule has 0 aliphatic heterocycles. The lowest BCUT2D eigenvalue weighted by Crippen LogP contribution is -2.31. The summed E-state index contributed by atoms with van der Waals surface area (Å²) >= 11 is 0. The standard InChI is InChI=1S/C14H24N4O/c1-11(2)9-18(7-8-19-3)10-12-5-4-6-17-13(12)14(15)16/h4-6,11H,7-10H2,1-3H3,(H3,15,16). The number of ether oxygens (including phenoxy) is 1. The van der Waals surface area contributed by atoms with Crippen molar-refractivity contribution in [2.24, 2.45) is 11.7 Å². The number of nitrogens with one attached hydrogen (secondary N) is 1. The Bertz CT molecular complexity index is 406. The summed E-state index contributed by atoms with van der Waals surface area (Å²) in [5, 5.41) is 7.57. The Morgan fingerprint density at radius 2 is 2.26 bits per heavy atom. The minimum absolute atomic E-state index is 0.0202. The molecule has 0 fully saturated rings. The molecule has 19 heavy (non-hydrogen) atoms. The van der Waals surface area contributed by atoms with E-state index in [1.54, 1.807) is 13.3 Å². The van der Waals surface area contributed by atoms with E-state index in [2.05, 4.69) is 23.7 Å². The maximum atomic E-state index is 7.57. The molecule has 106 valence electrons. The monoisotopic (exact) mass is 264 g/mol. The molecular formula is C14H24N4O. The lowest BCUT2D eigenvalue weighted by Gasteiger charge is -2.24. The third-order valence-electron chi connectivity index (χ3n) is 2.78. The molecule has 3 N–H and O–H groups in total. The van der Waals surface area contributed by atoms with Gasteiger partial charge in [0.15, 0.2) is 0 Å². The summed E-state index contributed by atoms with van der Waals surface area (Å²) in [6, 6.07) is 3.86. The van der Waals surface area contributed by atoms with Crippen molar-refractivity contribution < 1.29 is 4.74 Å². The Labute approximate surface area is 115 Å². The van der Waals surface area contributed by atoms with Crippen LogP contribution in [0.4, 0.5) is 0 Å². The van der Waals surface area contributed by atoms with E-state index in [1.807, 2.05) is 12.1 Å². The molecule has 5 heteroatoms. The molecule has 0 unspecified atom stereocenters. The number of hydrogen-bond acceptors (Lipinski definition) is 4. The van der Waals surface area contributed by atoms with Crippen LogP contribution < -0.4 is 5.73 Å². The lowest BCUT2D eigenvalue weighted by atomic mass is 10.1. The molecule has 0 atom stereocenters. The smallest absolute Gasteiger partial charge is 0.142 e. The predicted octanol–water partition coefficient (Wildman–Crippen LogP) is 1.47. The van der Waals surface area contributed by atoms with E-state index >= 15 is 0 Å². The number of nitrogens with two attached hydrogens (primary N) is 1. The predicted molar refractivity (Wildman–Crippen MR) is 77.2 cm³/mol. The maximum absolute atomic E-state index is 7.57. The van der Waals surface area contributed by atoms with E-state index in [4.69, 9.17) is 15.9 Å². The summed E-state index contributed by atoms with van der Waals surface area (Å²) in [6.45, 7) is 7.66. The van der Waals surface area contributed by atoms with Gasteiger partial charge >= 0.3 is 0 Å². The summed E-state index contributed by atoms with van der Waals surface area (Å²) in [4.78, 5) is 6.49. The zero-order valence-electron chi connectivity index (χ0n) is 12.0. The quantitative estimate of drug-likeness (QED) is 0.551. The topological polar surface area (TPSA) is 75.2 Å². The van der Waals surface area contributed by atoms with E-state index in [0.717, 1.165) is 25.2 Å². The van der Waals surface area contributed by atoms with Crippen molar-refractivity contribution in [2.45, 2.75) is 20.4 Å². The number of nitrogens with zero attached hydrogens (tertiary/aromatic N) is 2. The molecule has 0 radical (unpaired) electrons. The normalized spacial score (nSPS) is 11.2. The Hall–Kier alpha value is -1.46. The van der Waals surface area contributed by atoms with Crippen LogP contribution in [0.15, 0.2) is 18.3 Å². The highest BCUT2D eigenvalue weighted by atomic mass is 16.5. The van der Waals surface area contributed by atoms with Crippen LogP contribution in [-0.4, -0.2) is 42.5 Å². The molecule has 0 saturated heterocycles. The molecule has 0 aliphatic carbocycles. The van der Waals surface area contributed by atoms with E-state index in [9.17, 15) is 0 Å². The van der Waals surface area contributed by atoms with Crippen molar-refractivity contribution >= 4 is 5.84 Å². The Kier molecular flexibility index (Phi) is 6.45. The molecule has 0 saturated carbocycles. The van der Waals surface area contributed by atoms with Gasteiger partial charge in [-0.25, -0.2) is 0 Å². The summed E-state index contributed by atoms with van der Waals surface area (Å²) in [6.07, 6.45) is 1.67. The van der Waals surface area contributed by atoms with Gasteiger partial charge in [-0.15, -0.1) is 0 Å². The minimum Gasteiger partial charge on any atom is -0.383 e. The Balaban J connectivity index is 2.80. The third-order valence-corrected chi connectivity index (χ3v) is 2.78. The SMILES string of the molecule is COCCN(Cc1cccnc1C(=N)N)CC(C)C. The van der Waals surface area contributed by atoms with Crippen LogP contribution >= 0.6 is 0 Å². The molecule has 0 spiro atoms. The second-order valence-corrected chi connectivity index (χ2v) is 5.05. The summed E-state index contributed by atoms with van der Waals surface area (Å²) < 4.78 is 5.15. The fraction of sp³-hybridized carbons (Fsp3) is 0.571. The number of nitrogen functional groups attached to an aromatic ring is 1. The summed E-state index contributed by atoms with van der Waals surface area (Å²) in [7, 11) is 1.71. The van der Waals surface area contributed by atoms with Crippen LogP contribution in [0.5, 0.6) is 0 Å². The van der Waals surface area contributed by atoms with Crippen molar-refractivity contribution in [3.8, 4) is 0 Å². The van der Waals surface area contributed by atoms with Crippen molar-refractivity contribution in [1.82, 2.24) is 9.88 Å². The van der Waals surface area contributed by atoms with Gasteiger partial charge in [-0.1, -0.05) is 19.9 Å². The molecule has 0 amide bonds. The van der Waals surface area contributed by atoms with Gasteiger partial charge in [-0.3, -0.25) is 15.3 Å². The highest BCUT2D eigenvalue weighted by Crippen LogP contribution is 2.10. The van der Waals surface area contributed by atoms with Gasteiger partial charge < -0.3 is 10.5 Å². The number of rotatable bonds is 8. The third kappa shape index (κ3) is 5.36. The average molecular weight is 264 g/mol. The molecule has 1 rings (SSSR count). The first-order valence-corrected chi connectivity index (χ1v) is 6.54. The van der Waals surface area contributed by atoms with Crippen LogP contribution in [-0.2, 0) is 11.3 Å². The van der Waals surface area contributed by atoms with E-state index in [1.165, 1.54) is 0 Å². The second kappa shape index (κ2) is 7.86. The van der Waals surface area contributed by atoms with Crippen molar-refractivity contribution in [2.75, 3.05) is 26.8 Å². The first kappa shape index (κ1) is 15.6. The average Bonchev–Trinajstić information content (AvgIpc) is 2.35. The first-order chi connectivity index (χ1) is 9.04. The van der Waals surface area contributed by atoms with Gasteiger partial charge in [0.1, 0.15) is 11.5 Å². The van der Waals surface area contributed by atoms with E-state index in [-0.39, 0.29) is 5.84 Å². The number of pyridine rings is 1. The zero-order valence-corrected chi connectivity index (χ0v) is 12.0. The van der Waals surface area contributed by atoms with Gasteiger partial charge in [0, 0.05) is 32.9 Å². The molecule has 1 heterocycles. The van der Waals surface area contributed by atoms with Crippen LogP contribution in [0.1, 0.15) is 25.1 Å². The Morgan fingerprint density at radius 1 is 1.53 bits per heavy atom. The first-order valence-electron chi connectivity index (χ1n) is 6.54. The maximum Gasteiger partial charge on any atom is 0.142 e. The number of amidine groups is 1. The fourth-order valence-electron chi connectivity index (χ4n) is 2.02.